The Bertz CT molecular complexity index is 368. The number of hydrogen-bond acceptors (Lipinski definition) is 2. The normalized spacial score (nSPS) is 32.1. The Morgan fingerprint density at radius 1 is 1.17 bits per heavy atom. The summed E-state index contributed by atoms with van der Waals surface area (Å²) in [5, 5.41) is 2.98. The monoisotopic (exact) mass is 250 g/mol. The fourth-order valence-corrected chi connectivity index (χ4v) is 3.08. The van der Waals surface area contributed by atoms with Crippen molar-refractivity contribution < 1.29 is 4.79 Å². The first-order valence-electron chi connectivity index (χ1n) is 7.11. The summed E-state index contributed by atoms with van der Waals surface area (Å²) in [7, 11) is 0. The Morgan fingerprint density at radius 2 is 1.72 bits per heavy atom. The maximum Gasteiger partial charge on any atom is 0.252 e. The summed E-state index contributed by atoms with van der Waals surface area (Å²) in [4.78, 5) is 16.3. The van der Waals surface area contributed by atoms with Gasteiger partial charge in [0.05, 0.1) is 0 Å². The van der Waals surface area contributed by atoms with Crippen LogP contribution in [-0.4, -0.2) is 17.3 Å². The summed E-state index contributed by atoms with van der Waals surface area (Å²) >= 11 is 0. The fraction of sp³-hybridized carbons (Fsp3) is 0.867. The van der Waals surface area contributed by atoms with Crippen molar-refractivity contribution in [3.05, 3.63) is 0 Å². The first kappa shape index (κ1) is 13.6. The molecule has 1 aliphatic heterocycles. The van der Waals surface area contributed by atoms with Crippen molar-refractivity contribution in [2.24, 2.45) is 22.2 Å². The number of rotatable bonds is 1. The van der Waals surface area contributed by atoms with Crippen LogP contribution in [0.3, 0.4) is 0 Å². The van der Waals surface area contributed by atoms with Gasteiger partial charge in [-0.25, -0.2) is 0 Å². The molecule has 1 heterocycles. The van der Waals surface area contributed by atoms with Gasteiger partial charge in [-0.05, 0) is 50.9 Å². The number of amidine groups is 1. The first-order valence-corrected chi connectivity index (χ1v) is 7.11. The highest BCUT2D eigenvalue weighted by Crippen LogP contribution is 2.40. The molecule has 1 aliphatic carbocycles. The Kier molecular flexibility index (Phi) is 3.28. The average molecular weight is 250 g/mol. The van der Waals surface area contributed by atoms with Crippen molar-refractivity contribution in [2.75, 3.05) is 0 Å². The van der Waals surface area contributed by atoms with Gasteiger partial charge >= 0.3 is 0 Å². The van der Waals surface area contributed by atoms with Gasteiger partial charge in [0.15, 0.2) is 0 Å². The predicted molar refractivity (Wildman–Crippen MR) is 74.6 cm³/mol. The molecule has 0 spiro atoms. The van der Waals surface area contributed by atoms with Crippen molar-refractivity contribution in [1.82, 2.24) is 5.32 Å². The maximum atomic E-state index is 11.7. The van der Waals surface area contributed by atoms with E-state index in [0.717, 1.165) is 24.6 Å². The van der Waals surface area contributed by atoms with Gasteiger partial charge in [-0.15, -0.1) is 0 Å². The van der Waals surface area contributed by atoms with Gasteiger partial charge in [-0.2, -0.15) is 0 Å². The number of carbonyl (C=O) groups excluding carboxylic acids is 1. The van der Waals surface area contributed by atoms with Gasteiger partial charge in [0.1, 0.15) is 11.4 Å². The molecular weight excluding hydrogens is 224 g/mol. The maximum absolute atomic E-state index is 11.7. The Balaban J connectivity index is 1.98. The van der Waals surface area contributed by atoms with Crippen LogP contribution in [0.1, 0.15) is 60.3 Å². The van der Waals surface area contributed by atoms with Crippen LogP contribution in [0.15, 0.2) is 4.99 Å². The molecule has 18 heavy (non-hydrogen) atoms. The van der Waals surface area contributed by atoms with Crippen molar-refractivity contribution in [1.29, 1.82) is 0 Å². The lowest BCUT2D eigenvalue weighted by Gasteiger charge is -2.36. The van der Waals surface area contributed by atoms with E-state index in [9.17, 15) is 4.79 Å². The molecule has 1 fully saturated rings. The summed E-state index contributed by atoms with van der Waals surface area (Å²) in [5.41, 5.74) is -0.152. The Morgan fingerprint density at radius 3 is 2.11 bits per heavy atom. The van der Waals surface area contributed by atoms with Crippen LogP contribution >= 0.6 is 0 Å². The number of nitrogens with zero attached hydrogens (tertiary/aromatic N) is 1. The highest BCUT2D eigenvalue weighted by atomic mass is 16.2. The highest BCUT2D eigenvalue weighted by Gasteiger charge is 2.39. The lowest BCUT2D eigenvalue weighted by Crippen LogP contribution is -2.38. The molecule has 0 radical (unpaired) electrons. The van der Waals surface area contributed by atoms with Crippen LogP contribution in [0.25, 0.3) is 0 Å². The predicted octanol–water partition coefficient (Wildman–Crippen LogP) is 3.15. The molecule has 0 aromatic carbocycles. The lowest BCUT2D eigenvalue weighted by atomic mass is 9.69. The topological polar surface area (TPSA) is 41.5 Å². The number of carbonyl (C=O) groups is 1. The molecule has 3 heteroatoms. The summed E-state index contributed by atoms with van der Waals surface area (Å²) in [6.45, 7) is 10.8. The Labute approximate surface area is 110 Å². The van der Waals surface area contributed by atoms with E-state index < -0.39 is 5.54 Å². The molecule has 0 saturated heterocycles. The van der Waals surface area contributed by atoms with Crippen LogP contribution in [-0.2, 0) is 4.79 Å². The van der Waals surface area contributed by atoms with E-state index in [4.69, 9.17) is 0 Å². The van der Waals surface area contributed by atoms with Crippen LogP contribution in [0, 0.1) is 17.3 Å². The molecule has 102 valence electrons. The van der Waals surface area contributed by atoms with E-state index in [-0.39, 0.29) is 5.91 Å². The summed E-state index contributed by atoms with van der Waals surface area (Å²) in [6, 6.07) is 0. The Hall–Kier alpha value is -0.860. The molecule has 1 N–H and O–H groups in total. The largest absolute Gasteiger partial charge is 0.312 e. The summed E-state index contributed by atoms with van der Waals surface area (Å²) in [5.74, 6) is 2.27. The second kappa shape index (κ2) is 4.36. The van der Waals surface area contributed by atoms with Crippen LogP contribution in [0.5, 0.6) is 0 Å². The van der Waals surface area contributed by atoms with E-state index in [1.54, 1.807) is 0 Å². The van der Waals surface area contributed by atoms with E-state index in [1.165, 1.54) is 12.8 Å². The van der Waals surface area contributed by atoms with Crippen LogP contribution in [0.4, 0.5) is 0 Å². The minimum atomic E-state index is -0.559. The zero-order valence-corrected chi connectivity index (χ0v) is 12.3. The third-order valence-electron chi connectivity index (χ3n) is 4.54. The third kappa shape index (κ3) is 2.60. The highest BCUT2D eigenvalue weighted by molar-refractivity contribution is 6.08. The van der Waals surface area contributed by atoms with Gasteiger partial charge in [-0.1, -0.05) is 20.8 Å². The molecular formula is C15H26N2O. The molecule has 0 aromatic heterocycles. The second-order valence-electron chi connectivity index (χ2n) is 7.42. The zero-order valence-electron chi connectivity index (χ0n) is 12.3. The van der Waals surface area contributed by atoms with Crippen LogP contribution < -0.4 is 5.32 Å². The van der Waals surface area contributed by atoms with Crippen molar-refractivity contribution in [3.8, 4) is 0 Å². The zero-order chi connectivity index (χ0) is 13.6. The lowest BCUT2D eigenvalue weighted by molar-refractivity contribution is -0.122. The number of amides is 1. The minimum absolute atomic E-state index is 0.0513. The van der Waals surface area contributed by atoms with Gasteiger partial charge in [-0.3, -0.25) is 9.79 Å². The summed E-state index contributed by atoms with van der Waals surface area (Å²) < 4.78 is 0. The van der Waals surface area contributed by atoms with Crippen molar-refractivity contribution in [2.45, 2.75) is 65.8 Å². The van der Waals surface area contributed by atoms with E-state index in [0.29, 0.717) is 11.3 Å². The number of nitrogens with one attached hydrogen (secondary N) is 1. The van der Waals surface area contributed by atoms with Gasteiger partial charge in [0.25, 0.3) is 5.91 Å². The number of aliphatic imine (C=N–C) groups is 1. The molecule has 2 aliphatic rings. The molecule has 0 unspecified atom stereocenters. The molecule has 0 atom stereocenters. The second-order valence-corrected chi connectivity index (χ2v) is 7.42. The molecule has 1 amide bonds. The van der Waals surface area contributed by atoms with Gasteiger partial charge in [0, 0.05) is 5.92 Å². The molecule has 0 aromatic rings. The quantitative estimate of drug-likeness (QED) is 0.763. The third-order valence-corrected chi connectivity index (χ3v) is 4.54. The minimum Gasteiger partial charge on any atom is -0.312 e. The van der Waals surface area contributed by atoms with Crippen molar-refractivity contribution in [3.63, 3.8) is 0 Å². The fourth-order valence-electron chi connectivity index (χ4n) is 3.08. The van der Waals surface area contributed by atoms with E-state index in [2.05, 4.69) is 31.1 Å². The molecule has 3 nitrogen and oxygen atoms in total. The van der Waals surface area contributed by atoms with Crippen molar-refractivity contribution >= 4 is 11.7 Å². The number of hydrogen-bond donors (Lipinski definition) is 1. The first-order chi connectivity index (χ1) is 8.20. The van der Waals surface area contributed by atoms with E-state index >= 15 is 0 Å². The molecule has 2 rings (SSSR count). The van der Waals surface area contributed by atoms with Gasteiger partial charge < -0.3 is 5.32 Å². The standard InChI is InChI=1S/C15H26N2O/c1-14(2,3)11-8-6-10(7-9-11)12-16-13(18)15(4,5)17-12/h10-11H,6-9H2,1-5H3,(H,16,17,18). The van der Waals surface area contributed by atoms with Gasteiger partial charge in [0.2, 0.25) is 0 Å². The molecule has 0 bridgehead atoms. The molecule has 1 saturated carbocycles. The summed E-state index contributed by atoms with van der Waals surface area (Å²) in [6.07, 6.45) is 4.83. The average Bonchev–Trinajstić information content (AvgIpc) is 2.53. The van der Waals surface area contributed by atoms with E-state index in [1.807, 2.05) is 13.8 Å². The smallest absolute Gasteiger partial charge is 0.252 e. The van der Waals surface area contributed by atoms with Crippen LogP contribution in [0.2, 0.25) is 0 Å². The SMILES string of the molecule is CC1(C)N=C(C2CCC(C(C)(C)C)CC2)NC1=O.